The Bertz CT molecular complexity index is 1220. The van der Waals surface area contributed by atoms with Crippen molar-refractivity contribution in [1.82, 2.24) is 24.4 Å². The maximum atomic E-state index is 13.2. The highest BCUT2D eigenvalue weighted by atomic mass is 35.5. The second kappa shape index (κ2) is 8.49. The van der Waals surface area contributed by atoms with Crippen LogP contribution in [0.4, 0.5) is 0 Å². The van der Waals surface area contributed by atoms with Gasteiger partial charge in [0.05, 0.1) is 11.9 Å². The Morgan fingerprint density at radius 3 is 2.55 bits per heavy atom. The Balaban J connectivity index is 1.33. The van der Waals surface area contributed by atoms with Crippen LogP contribution in [0, 0.1) is 0 Å². The molecule has 6 nitrogen and oxygen atoms in total. The molecular formula is C24H22ClN5O. The van der Waals surface area contributed by atoms with E-state index in [4.69, 9.17) is 11.6 Å². The number of hydrogen-bond donors (Lipinski definition) is 0. The van der Waals surface area contributed by atoms with Crippen LogP contribution in [0.25, 0.3) is 16.9 Å². The smallest absolute Gasteiger partial charge is 0.259 e. The summed E-state index contributed by atoms with van der Waals surface area (Å²) in [5.41, 5.74) is 4.16. The lowest BCUT2D eigenvalue weighted by Gasteiger charge is -2.34. The monoisotopic (exact) mass is 431 g/mol. The first-order valence-corrected chi connectivity index (χ1v) is 10.7. The molecule has 0 saturated carbocycles. The molecule has 0 atom stereocenters. The summed E-state index contributed by atoms with van der Waals surface area (Å²) in [6.07, 6.45) is 3.33. The topological polar surface area (TPSA) is 53.7 Å². The highest BCUT2D eigenvalue weighted by Crippen LogP contribution is 2.24. The van der Waals surface area contributed by atoms with Gasteiger partial charge in [0, 0.05) is 49.5 Å². The normalized spacial score (nSPS) is 14.8. The third-order valence-electron chi connectivity index (χ3n) is 5.66. The van der Waals surface area contributed by atoms with Gasteiger partial charge >= 0.3 is 0 Å². The van der Waals surface area contributed by atoms with Gasteiger partial charge in [0.1, 0.15) is 5.56 Å². The first-order chi connectivity index (χ1) is 15.2. The zero-order chi connectivity index (χ0) is 21.2. The number of hydrogen-bond acceptors (Lipinski definition) is 4. The molecule has 0 unspecified atom stereocenters. The highest BCUT2D eigenvalue weighted by Gasteiger charge is 2.25. The van der Waals surface area contributed by atoms with Gasteiger partial charge in [-0.15, -0.1) is 0 Å². The number of halogens is 1. The molecule has 0 N–H and O–H groups in total. The number of benzene rings is 2. The van der Waals surface area contributed by atoms with E-state index < -0.39 is 0 Å². The number of fused-ring (bicyclic) bond motifs is 1. The van der Waals surface area contributed by atoms with E-state index in [1.807, 2.05) is 41.3 Å². The number of carbonyl (C=O) groups excluding carboxylic acids is 1. The second-order valence-corrected chi connectivity index (χ2v) is 8.12. The van der Waals surface area contributed by atoms with Crippen LogP contribution in [-0.4, -0.2) is 56.5 Å². The Hall–Kier alpha value is -3.22. The van der Waals surface area contributed by atoms with Crippen molar-refractivity contribution in [2.24, 2.45) is 0 Å². The van der Waals surface area contributed by atoms with Gasteiger partial charge in [-0.2, -0.15) is 5.10 Å². The molecule has 1 aliphatic rings. The molecular weight excluding hydrogens is 410 g/mol. The third kappa shape index (κ3) is 4.04. The Morgan fingerprint density at radius 1 is 0.968 bits per heavy atom. The molecule has 1 fully saturated rings. The van der Waals surface area contributed by atoms with Gasteiger partial charge in [0.15, 0.2) is 5.65 Å². The molecule has 3 heterocycles. The minimum atomic E-state index is -0.0231. The summed E-state index contributed by atoms with van der Waals surface area (Å²) in [6, 6.07) is 19.9. The van der Waals surface area contributed by atoms with E-state index in [9.17, 15) is 4.79 Å². The minimum Gasteiger partial charge on any atom is -0.336 e. The predicted molar refractivity (Wildman–Crippen MR) is 121 cm³/mol. The van der Waals surface area contributed by atoms with Crippen LogP contribution in [0.1, 0.15) is 15.9 Å². The lowest BCUT2D eigenvalue weighted by molar-refractivity contribution is 0.0630. The quantitative estimate of drug-likeness (QED) is 0.490. The summed E-state index contributed by atoms with van der Waals surface area (Å²) in [5, 5.41) is 5.12. The second-order valence-electron chi connectivity index (χ2n) is 7.69. The molecule has 156 valence electrons. The van der Waals surface area contributed by atoms with E-state index >= 15 is 0 Å². The molecule has 4 aromatic rings. The molecule has 0 bridgehead atoms. The number of amides is 1. The Labute approximate surface area is 185 Å². The zero-order valence-corrected chi connectivity index (χ0v) is 17.7. The fraction of sp³-hybridized carbons (Fsp3) is 0.208. The van der Waals surface area contributed by atoms with Crippen LogP contribution in [0.3, 0.4) is 0 Å². The van der Waals surface area contributed by atoms with Gasteiger partial charge in [-0.3, -0.25) is 9.69 Å². The molecule has 1 saturated heterocycles. The Kier molecular flexibility index (Phi) is 5.40. The average molecular weight is 432 g/mol. The van der Waals surface area contributed by atoms with E-state index in [1.165, 1.54) is 5.56 Å². The van der Waals surface area contributed by atoms with Gasteiger partial charge in [-0.05, 0) is 23.8 Å². The molecule has 7 heteroatoms. The lowest BCUT2D eigenvalue weighted by Crippen LogP contribution is -2.48. The molecule has 2 aromatic heterocycles. The van der Waals surface area contributed by atoms with Crippen molar-refractivity contribution in [1.29, 1.82) is 0 Å². The predicted octanol–water partition coefficient (Wildman–Crippen LogP) is 4.01. The van der Waals surface area contributed by atoms with Gasteiger partial charge in [-0.1, -0.05) is 54.1 Å². The van der Waals surface area contributed by atoms with Gasteiger partial charge in [0.25, 0.3) is 5.91 Å². The van der Waals surface area contributed by atoms with Crippen molar-refractivity contribution in [3.8, 4) is 11.3 Å². The number of nitrogens with zero attached hydrogens (tertiary/aromatic N) is 5. The molecule has 2 aromatic carbocycles. The lowest BCUT2D eigenvalue weighted by atomic mass is 10.1. The highest BCUT2D eigenvalue weighted by molar-refractivity contribution is 6.30. The zero-order valence-electron chi connectivity index (χ0n) is 17.0. The molecule has 0 aliphatic carbocycles. The summed E-state index contributed by atoms with van der Waals surface area (Å²) in [7, 11) is 0. The number of carbonyl (C=O) groups is 1. The minimum absolute atomic E-state index is 0.0231. The van der Waals surface area contributed by atoms with Crippen LogP contribution < -0.4 is 0 Å². The molecule has 1 amide bonds. The van der Waals surface area contributed by atoms with E-state index in [1.54, 1.807) is 16.9 Å². The van der Waals surface area contributed by atoms with Crippen molar-refractivity contribution in [2.45, 2.75) is 6.54 Å². The third-order valence-corrected chi connectivity index (χ3v) is 5.90. The summed E-state index contributed by atoms with van der Waals surface area (Å²) < 4.78 is 1.71. The van der Waals surface area contributed by atoms with Crippen LogP contribution in [0.2, 0.25) is 5.02 Å². The van der Waals surface area contributed by atoms with Crippen molar-refractivity contribution in [3.05, 3.63) is 89.2 Å². The molecule has 1 aliphatic heterocycles. The van der Waals surface area contributed by atoms with E-state index in [0.717, 1.165) is 30.9 Å². The average Bonchev–Trinajstić information content (AvgIpc) is 3.24. The van der Waals surface area contributed by atoms with Gasteiger partial charge in [-0.25, -0.2) is 9.50 Å². The fourth-order valence-electron chi connectivity index (χ4n) is 4.03. The van der Waals surface area contributed by atoms with Crippen molar-refractivity contribution in [2.75, 3.05) is 26.2 Å². The summed E-state index contributed by atoms with van der Waals surface area (Å²) in [5.74, 6) is -0.0231. The molecule has 0 spiro atoms. The van der Waals surface area contributed by atoms with Crippen molar-refractivity contribution >= 4 is 23.2 Å². The first kappa shape index (κ1) is 19.7. The molecule has 31 heavy (non-hydrogen) atoms. The number of rotatable bonds is 4. The first-order valence-electron chi connectivity index (χ1n) is 10.3. The molecule has 5 rings (SSSR count). The SMILES string of the molecule is O=C(c1cnn2c(-c3cccc(Cl)c3)ccnc12)N1CCN(Cc2ccccc2)CC1. The largest absolute Gasteiger partial charge is 0.336 e. The molecule has 0 radical (unpaired) electrons. The van der Waals surface area contributed by atoms with E-state index in [2.05, 4.69) is 39.2 Å². The van der Waals surface area contributed by atoms with Crippen molar-refractivity contribution < 1.29 is 4.79 Å². The van der Waals surface area contributed by atoms with Crippen LogP contribution in [0.15, 0.2) is 73.1 Å². The van der Waals surface area contributed by atoms with Gasteiger partial charge in [0.2, 0.25) is 0 Å². The van der Waals surface area contributed by atoms with Crippen LogP contribution in [0.5, 0.6) is 0 Å². The number of piperazine rings is 1. The number of aromatic nitrogens is 3. The Morgan fingerprint density at radius 2 is 1.77 bits per heavy atom. The maximum absolute atomic E-state index is 13.2. The summed E-state index contributed by atoms with van der Waals surface area (Å²) >= 11 is 6.16. The van der Waals surface area contributed by atoms with Gasteiger partial charge < -0.3 is 4.90 Å². The van der Waals surface area contributed by atoms with Crippen molar-refractivity contribution in [3.63, 3.8) is 0 Å². The van der Waals surface area contributed by atoms with E-state index in [-0.39, 0.29) is 5.91 Å². The maximum Gasteiger partial charge on any atom is 0.259 e. The van der Waals surface area contributed by atoms with E-state index in [0.29, 0.717) is 29.3 Å². The summed E-state index contributed by atoms with van der Waals surface area (Å²) in [4.78, 5) is 22.0. The van der Waals surface area contributed by atoms with Crippen LogP contribution in [-0.2, 0) is 6.54 Å². The summed E-state index contributed by atoms with van der Waals surface area (Å²) in [6.45, 7) is 3.99. The fourth-order valence-corrected chi connectivity index (χ4v) is 4.22. The standard InChI is InChI=1S/C24H22ClN5O/c25-20-8-4-7-19(15-20)22-9-10-26-23-21(16-27-30(22)23)24(31)29-13-11-28(12-14-29)17-18-5-2-1-3-6-18/h1-10,15-16H,11-14,17H2. The van der Waals surface area contributed by atoms with Crippen LogP contribution >= 0.6 is 11.6 Å².